The minimum Gasteiger partial charge on any atom is -0.327 e. The Balaban J connectivity index is 2.69. The number of nitrogens with zero attached hydrogens (tertiary/aromatic N) is 1. The molecule has 1 fully saturated rings. The van der Waals surface area contributed by atoms with E-state index >= 15 is 0 Å². The average Bonchev–Trinajstić information content (AvgIpc) is 2.40. The van der Waals surface area contributed by atoms with E-state index in [0.29, 0.717) is 6.04 Å². The molecule has 1 heterocycles. The van der Waals surface area contributed by atoms with Gasteiger partial charge < -0.3 is 5.73 Å². The first-order chi connectivity index (χ1) is 7.86. The molecule has 0 aromatic carbocycles. The smallest absolute Gasteiger partial charge is 0.0292 e. The van der Waals surface area contributed by atoms with Gasteiger partial charge in [0.2, 0.25) is 0 Å². The van der Waals surface area contributed by atoms with Gasteiger partial charge in [-0.3, -0.25) is 4.90 Å². The van der Waals surface area contributed by atoms with E-state index in [1.54, 1.807) is 0 Å². The molecular weight excluding hydrogens is 228 g/mol. The van der Waals surface area contributed by atoms with Crippen LogP contribution in [-0.2, 0) is 0 Å². The van der Waals surface area contributed by atoms with Gasteiger partial charge in [-0.2, -0.15) is 11.8 Å². The van der Waals surface area contributed by atoms with Crippen molar-refractivity contribution in [1.82, 2.24) is 4.90 Å². The lowest BCUT2D eigenvalue weighted by Crippen LogP contribution is -2.53. The Bertz CT molecular complexity index is 223. The van der Waals surface area contributed by atoms with Gasteiger partial charge in [0.1, 0.15) is 0 Å². The molecule has 17 heavy (non-hydrogen) atoms. The summed E-state index contributed by atoms with van der Waals surface area (Å²) in [5.41, 5.74) is 6.50. The molecular formula is C14H30N2S. The van der Waals surface area contributed by atoms with Crippen molar-refractivity contribution in [3.63, 3.8) is 0 Å². The summed E-state index contributed by atoms with van der Waals surface area (Å²) >= 11 is 2.03. The van der Waals surface area contributed by atoms with Crippen molar-refractivity contribution in [3.05, 3.63) is 0 Å². The predicted molar refractivity (Wildman–Crippen MR) is 79.6 cm³/mol. The largest absolute Gasteiger partial charge is 0.327 e. The standard InChI is InChI=1S/C14H30N2S/c1-11(15)13(14(2,3)4)16-9-6-7-12(17-5)8-10-16/h11-13H,6-10,15H2,1-5H3. The third-order valence-corrected chi connectivity index (χ3v) is 4.96. The molecule has 0 spiro atoms. The molecule has 3 unspecified atom stereocenters. The van der Waals surface area contributed by atoms with E-state index < -0.39 is 0 Å². The molecule has 0 aromatic rings. The molecule has 0 saturated carbocycles. The van der Waals surface area contributed by atoms with Crippen LogP contribution in [0.25, 0.3) is 0 Å². The Morgan fingerprint density at radius 1 is 1.24 bits per heavy atom. The Morgan fingerprint density at radius 2 is 1.88 bits per heavy atom. The summed E-state index contributed by atoms with van der Waals surface area (Å²) in [7, 11) is 0. The maximum absolute atomic E-state index is 6.22. The van der Waals surface area contributed by atoms with Crippen molar-refractivity contribution in [1.29, 1.82) is 0 Å². The van der Waals surface area contributed by atoms with E-state index in [0.717, 1.165) is 5.25 Å². The van der Waals surface area contributed by atoms with Gasteiger partial charge in [0, 0.05) is 17.3 Å². The van der Waals surface area contributed by atoms with Gasteiger partial charge in [-0.15, -0.1) is 0 Å². The van der Waals surface area contributed by atoms with Gasteiger partial charge in [-0.1, -0.05) is 20.8 Å². The molecule has 1 aliphatic heterocycles. The highest BCUT2D eigenvalue weighted by atomic mass is 32.2. The molecule has 2 N–H and O–H groups in total. The SMILES string of the molecule is CSC1CCCN(C(C(C)N)C(C)(C)C)CC1. The third kappa shape index (κ3) is 4.46. The minimum atomic E-state index is 0.251. The molecule has 0 radical (unpaired) electrons. The lowest BCUT2D eigenvalue weighted by Gasteiger charge is -2.42. The third-order valence-electron chi connectivity index (χ3n) is 3.82. The monoisotopic (exact) mass is 258 g/mol. The quantitative estimate of drug-likeness (QED) is 0.844. The van der Waals surface area contributed by atoms with Gasteiger partial charge in [0.05, 0.1) is 0 Å². The summed E-state index contributed by atoms with van der Waals surface area (Å²) in [6.45, 7) is 11.6. The normalized spacial score (nSPS) is 27.5. The molecule has 3 atom stereocenters. The fourth-order valence-corrected chi connectivity index (χ4v) is 4.01. The van der Waals surface area contributed by atoms with Gasteiger partial charge in [-0.05, 0) is 50.9 Å². The van der Waals surface area contributed by atoms with Crippen molar-refractivity contribution in [2.75, 3.05) is 19.3 Å². The highest BCUT2D eigenvalue weighted by Gasteiger charge is 2.34. The number of likely N-dealkylation sites (tertiary alicyclic amines) is 1. The lowest BCUT2D eigenvalue weighted by molar-refractivity contribution is 0.0852. The average molecular weight is 258 g/mol. The molecule has 102 valence electrons. The van der Waals surface area contributed by atoms with Crippen molar-refractivity contribution < 1.29 is 0 Å². The Hall–Kier alpha value is 0.270. The van der Waals surface area contributed by atoms with Gasteiger partial charge in [-0.25, -0.2) is 0 Å². The molecule has 0 bridgehead atoms. The maximum atomic E-state index is 6.22. The van der Waals surface area contributed by atoms with Crippen molar-refractivity contribution >= 4 is 11.8 Å². The molecule has 0 aliphatic carbocycles. The van der Waals surface area contributed by atoms with Gasteiger partial charge in [0.15, 0.2) is 0 Å². The molecule has 3 heteroatoms. The summed E-state index contributed by atoms with van der Waals surface area (Å²) in [5.74, 6) is 0. The highest BCUT2D eigenvalue weighted by Crippen LogP contribution is 2.30. The van der Waals surface area contributed by atoms with Crippen LogP contribution in [0.4, 0.5) is 0 Å². The van der Waals surface area contributed by atoms with Crippen LogP contribution in [0.15, 0.2) is 0 Å². The second-order valence-electron chi connectivity index (χ2n) is 6.49. The van der Waals surface area contributed by atoms with Crippen molar-refractivity contribution in [2.24, 2.45) is 11.1 Å². The number of hydrogen-bond donors (Lipinski definition) is 1. The number of thioether (sulfide) groups is 1. The van der Waals surface area contributed by atoms with Crippen molar-refractivity contribution in [2.45, 2.75) is 64.3 Å². The van der Waals surface area contributed by atoms with E-state index in [2.05, 4.69) is 38.9 Å². The topological polar surface area (TPSA) is 29.3 Å². The number of nitrogens with two attached hydrogens (primary N) is 1. The van der Waals surface area contributed by atoms with Crippen LogP contribution in [-0.4, -0.2) is 41.6 Å². The molecule has 1 rings (SSSR count). The van der Waals surface area contributed by atoms with Crippen LogP contribution in [0.2, 0.25) is 0 Å². The van der Waals surface area contributed by atoms with Crippen LogP contribution in [0.1, 0.15) is 47.0 Å². The van der Waals surface area contributed by atoms with E-state index in [4.69, 9.17) is 5.73 Å². The Kier molecular flexibility index (Phi) is 5.81. The summed E-state index contributed by atoms with van der Waals surface area (Å²) in [4.78, 5) is 2.64. The first-order valence-electron chi connectivity index (χ1n) is 6.88. The Morgan fingerprint density at radius 3 is 2.35 bits per heavy atom. The molecule has 0 aromatic heterocycles. The number of hydrogen-bond acceptors (Lipinski definition) is 3. The minimum absolute atomic E-state index is 0.251. The predicted octanol–water partition coefficient (Wildman–Crippen LogP) is 2.97. The van der Waals surface area contributed by atoms with Crippen LogP contribution in [0, 0.1) is 5.41 Å². The van der Waals surface area contributed by atoms with Gasteiger partial charge in [0.25, 0.3) is 0 Å². The molecule has 1 saturated heterocycles. The summed E-state index contributed by atoms with van der Waals surface area (Å²) in [5, 5.41) is 0.855. The van der Waals surface area contributed by atoms with Crippen LogP contribution in [0.3, 0.4) is 0 Å². The van der Waals surface area contributed by atoms with Crippen LogP contribution in [0.5, 0.6) is 0 Å². The number of rotatable bonds is 3. The maximum Gasteiger partial charge on any atom is 0.0292 e. The molecule has 2 nitrogen and oxygen atoms in total. The molecule has 1 aliphatic rings. The van der Waals surface area contributed by atoms with E-state index in [-0.39, 0.29) is 11.5 Å². The summed E-state index contributed by atoms with van der Waals surface area (Å²) in [6.07, 6.45) is 6.26. The van der Waals surface area contributed by atoms with Crippen LogP contribution < -0.4 is 5.73 Å². The first-order valence-corrected chi connectivity index (χ1v) is 8.17. The highest BCUT2D eigenvalue weighted by molar-refractivity contribution is 7.99. The van der Waals surface area contributed by atoms with Crippen LogP contribution >= 0.6 is 11.8 Å². The summed E-state index contributed by atoms with van der Waals surface area (Å²) < 4.78 is 0. The van der Waals surface area contributed by atoms with Gasteiger partial charge >= 0.3 is 0 Å². The first kappa shape index (κ1) is 15.3. The zero-order valence-corrected chi connectivity index (χ0v) is 13.0. The lowest BCUT2D eigenvalue weighted by atomic mass is 9.81. The zero-order chi connectivity index (χ0) is 13.1. The second-order valence-corrected chi connectivity index (χ2v) is 7.63. The van der Waals surface area contributed by atoms with E-state index in [1.807, 2.05) is 11.8 Å². The molecule has 0 amide bonds. The van der Waals surface area contributed by atoms with E-state index in [9.17, 15) is 0 Å². The van der Waals surface area contributed by atoms with E-state index in [1.165, 1.54) is 32.4 Å². The fourth-order valence-electron chi connectivity index (χ4n) is 3.27. The zero-order valence-electron chi connectivity index (χ0n) is 12.2. The second kappa shape index (κ2) is 6.44. The fraction of sp³-hybridized carbons (Fsp3) is 1.00. The summed E-state index contributed by atoms with van der Waals surface area (Å²) in [6, 6.07) is 0.754. The Labute approximate surface area is 112 Å². The van der Waals surface area contributed by atoms with Crippen molar-refractivity contribution in [3.8, 4) is 0 Å².